The molecule has 0 aliphatic heterocycles. The van der Waals surface area contributed by atoms with E-state index in [9.17, 15) is 0 Å². The predicted octanol–water partition coefficient (Wildman–Crippen LogP) is 6.21. The maximum absolute atomic E-state index is 5.77. The lowest BCUT2D eigenvalue weighted by molar-refractivity contribution is 0.293. The van der Waals surface area contributed by atoms with Gasteiger partial charge in [0.1, 0.15) is 12.4 Å². The molecule has 2 N–H and O–H groups in total. The lowest BCUT2D eigenvalue weighted by atomic mass is 10.1. The molecule has 0 radical (unpaired) electrons. The highest BCUT2D eigenvalue weighted by atomic mass is 16.5. The number of nitrogens with one attached hydrogen (secondary N) is 2. The molecule has 0 saturated carbocycles. The van der Waals surface area contributed by atoms with Crippen LogP contribution >= 0.6 is 0 Å². The van der Waals surface area contributed by atoms with Crippen molar-refractivity contribution < 1.29 is 9.47 Å². The number of hydrogen-bond acceptors (Lipinski definition) is 4. The number of pyridine rings is 1. The van der Waals surface area contributed by atoms with Crippen molar-refractivity contribution in [3.63, 3.8) is 0 Å². The SMILES string of the molecule is COc1ccc(COc2ccccn2)cc1/C=C/c1cc(/C=C/c2ccc3[nH]ccc3c2)n[nH]1. The van der Waals surface area contributed by atoms with E-state index < -0.39 is 0 Å². The summed E-state index contributed by atoms with van der Waals surface area (Å²) in [4.78, 5) is 7.40. The molecule has 5 rings (SSSR count). The lowest BCUT2D eigenvalue weighted by Crippen LogP contribution is -1.98. The molecular formula is C28H24N4O2. The molecule has 6 nitrogen and oxygen atoms in total. The summed E-state index contributed by atoms with van der Waals surface area (Å²) in [6.07, 6.45) is 11.7. The van der Waals surface area contributed by atoms with E-state index >= 15 is 0 Å². The fourth-order valence-corrected chi connectivity index (χ4v) is 3.65. The molecule has 0 aliphatic carbocycles. The van der Waals surface area contributed by atoms with Gasteiger partial charge in [-0.25, -0.2) is 4.98 Å². The molecule has 3 aromatic heterocycles. The van der Waals surface area contributed by atoms with Crippen molar-refractivity contribution in [1.82, 2.24) is 20.2 Å². The Balaban J connectivity index is 1.27. The highest BCUT2D eigenvalue weighted by molar-refractivity contribution is 5.83. The maximum atomic E-state index is 5.77. The Morgan fingerprint density at radius 3 is 2.76 bits per heavy atom. The molecule has 0 amide bonds. The number of aromatic nitrogens is 4. The van der Waals surface area contributed by atoms with E-state index in [0.717, 1.165) is 39.3 Å². The molecular weight excluding hydrogens is 424 g/mol. The van der Waals surface area contributed by atoms with Crippen molar-refractivity contribution in [2.24, 2.45) is 0 Å². The third kappa shape index (κ3) is 5.07. The molecule has 0 saturated heterocycles. The van der Waals surface area contributed by atoms with Gasteiger partial charge in [0.05, 0.1) is 18.5 Å². The fourth-order valence-electron chi connectivity index (χ4n) is 3.65. The summed E-state index contributed by atoms with van der Waals surface area (Å²) < 4.78 is 11.3. The Hall–Kier alpha value is -4.58. The number of ether oxygens (including phenoxy) is 2. The van der Waals surface area contributed by atoms with Crippen LogP contribution in [0.5, 0.6) is 11.6 Å². The van der Waals surface area contributed by atoms with E-state index in [-0.39, 0.29) is 0 Å². The number of hydrogen-bond donors (Lipinski definition) is 2. The Morgan fingerprint density at radius 1 is 0.912 bits per heavy atom. The van der Waals surface area contributed by atoms with Crippen LogP contribution in [0.3, 0.4) is 0 Å². The highest BCUT2D eigenvalue weighted by Gasteiger charge is 2.04. The van der Waals surface area contributed by atoms with E-state index in [1.54, 1.807) is 13.3 Å². The molecule has 0 aliphatic rings. The molecule has 0 atom stereocenters. The van der Waals surface area contributed by atoms with E-state index in [0.29, 0.717) is 12.5 Å². The second-order valence-electron chi connectivity index (χ2n) is 7.77. The van der Waals surface area contributed by atoms with Crippen LogP contribution in [-0.4, -0.2) is 27.3 Å². The largest absolute Gasteiger partial charge is 0.496 e. The summed E-state index contributed by atoms with van der Waals surface area (Å²) in [5.41, 5.74) is 6.00. The molecule has 0 bridgehead atoms. The predicted molar refractivity (Wildman–Crippen MR) is 136 cm³/mol. The average molecular weight is 449 g/mol. The smallest absolute Gasteiger partial charge is 0.213 e. The van der Waals surface area contributed by atoms with Gasteiger partial charge in [0.2, 0.25) is 5.88 Å². The van der Waals surface area contributed by atoms with Gasteiger partial charge in [-0.1, -0.05) is 24.3 Å². The zero-order valence-electron chi connectivity index (χ0n) is 18.7. The maximum Gasteiger partial charge on any atom is 0.213 e. The van der Waals surface area contributed by atoms with E-state index in [1.165, 1.54) is 5.39 Å². The Bertz CT molecular complexity index is 1450. The van der Waals surface area contributed by atoms with Gasteiger partial charge in [-0.2, -0.15) is 5.10 Å². The molecule has 0 unspecified atom stereocenters. The Labute approximate surface area is 197 Å². The second kappa shape index (κ2) is 9.92. The number of benzene rings is 2. The van der Waals surface area contributed by atoms with Crippen molar-refractivity contribution >= 4 is 35.2 Å². The van der Waals surface area contributed by atoms with Gasteiger partial charge < -0.3 is 14.5 Å². The number of rotatable bonds is 8. The topological polar surface area (TPSA) is 75.8 Å². The number of methoxy groups -OCH3 is 1. The number of H-pyrrole nitrogens is 2. The zero-order chi connectivity index (χ0) is 23.2. The van der Waals surface area contributed by atoms with Crippen molar-refractivity contribution in [3.05, 3.63) is 107 Å². The Kier molecular flexibility index (Phi) is 6.21. The first-order valence-corrected chi connectivity index (χ1v) is 11.0. The summed E-state index contributed by atoms with van der Waals surface area (Å²) in [6.45, 7) is 0.426. The van der Waals surface area contributed by atoms with Gasteiger partial charge in [-0.05, 0) is 77.2 Å². The summed E-state index contributed by atoms with van der Waals surface area (Å²) in [5.74, 6) is 1.39. The normalized spacial score (nSPS) is 11.6. The minimum absolute atomic E-state index is 0.426. The minimum Gasteiger partial charge on any atom is -0.496 e. The third-order valence-corrected chi connectivity index (χ3v) is 5.40. The first kappa shape index (κ1) is 21.3. The van der Waals surface area contributed by atoms with Gasteiger partial charge in [0.15, 0.2) is 0 Å². The molecule has 34 heavy (non-hydrogen) atoms. The molecule has 3 heterocycles. The van der Waals surface area contributed by atoms with Crippen LogP contribution in [0, 0.1) is 0 Å². The van der Waals surface area contributed by atoms with Gasteiger partial charge in [0, 0.05) is 29.5 Å². The molecule has 0 spiro atoms. The van der Waals surface area contributed by atoms with Crippen LogP contribution in [-0.2, 0) is 6.61 Å². The van der Waals surface area contributed by atoms with Crippen LogP contribution in [0.25, 0.3) is 35.2 Å². The van der Waals surface area contributed by atoms with Crippen molar-refractivity contribution in [1.29, 1.82) is 0 Å². The quantitative estimate of drug-likeness (QED) is 0.296. The van der Waals surface area contributed by atoms with Crippen LogP contribution in [0.15, 0.2) is 79.1 Å². The summed E-state index contributed by atoms with van der Waals surface area (Å²) in [6, 6.07) is 22.0. The summed E-state index contributed by atoms with van der Waals surface area (Å²) in [5, 5.41) is 8.65. The standard InChI is InChI=1S/C28H24N4O2/c1-33-27-12-7-21(19-34-28-4-2-3-14-30-28)17-23(27)8-10-25-18-24(31-32-25)9-5-20-6-11-26-22(16-20)13-15-29-26/h2-18,29H,19H2,1H3,(H,31,32)/b9-5+,10-8+. The summed E-state index contributed by atoms with van der Waals surface area (Å²) >= 11 is 0. The summed E-state index contributed by atoms with van der Waals surface area (Å²) in [7, 11) is 1.67. The molecule has 6 heteroatoms. The molecule has 5 aromatic rings. The third-order valence-electron chi connectivity index (χ3n) is 5.40. The van der Waals surface area contributed by atoms with Crippen LogP contribution in [0.1, 0.15) is 28.1 Å². The van der Waals surface area contributed by atoms with Crippen LogP contribution < -0.4 is 9.47 Å². The second-order valence-corrected chi connectivity index (χ2v) is 7.77. The number of aromatic amines is 2. The van der Waals surface area contributed by atoms with Gasteiger partial charge >= 0.3 is 0 Å². The molecule has 0 fully saturated rings. The van der Waals surface area contributed by atoms with Crippen molar-refractivity contribution in [3.8, 4) is 11.6 Å². The van der Waals surface area contributed by atoms with Gasteiger partial charge in [0.25, 0.3) is 0 Å². The average Bonchev–Trinajstić information content (AvgIpc) is 3.54. The van der Waals surface area contributed by atoms with Gasteiger partial charge in [-0.15, -0.1) is 0 Å². The van der Waals surface area contributed by atoms with Crippen molar-refractivity contribution in [2.45, 2.75) is 6.61 Å². The number of nitrogens with zero attached hydrogens (tertiary/aromatic N) is 2. The monoisotopic (exact) mass is 448 g/mol. The highest BCUT2D eigenvalue weighted by Crippen LogP contribution is 2.23. The van der Waals surface area contributed by atoms with Crippen LogP contribution in [0.4, 0.5) is 0 Å². The van der Waals surface area contributed by atoms with Gasteiger partial charge in [-0.3, -0.25) is 5.10 Å². The zero-order valence-corrected chi connectivity index (χ0v) is 18.7. The number of fused-ring (bicyclic) bond motifs is 1. The first-order chi connectivity index (χ1) is 16.8. The minimum atomic E-state index is 0.426. The fraction of sp³-hybridized carbons (Fsp3) is 0.0714. The van der Waals surface area contributed by atoms with E-state index in [1.807, 2.05) is 66.9 Å². The Morgan fingerprint density at radius 2 is 1.88 bits per heavy atom. The molecule has 168 valence electrons. The molecule has 2 aromatic carbocycles. The van der Waals surface area contributed by atoms with Crippen molar-refractivity contribution in [2.75, 3.05) is 7.11 Å². The van der Waals surface area contributed by atoms with E-state index in [4.69, 9.17) is 9.47 Å². The van der Waals surface area contributed by atoms with Crippen LogP contribution in [0.2, 0.25) is 0 Å². The first-order valence-electron chi connectivity index (χ1n) is 11.0. The van der Waals surface area contributed by atoms with E-state index in [2.05, 4.69) is 50.5 Å². The lowest BCUT2D eigenvalue weighted by Gasteiger charge is -2.09.